The van der Waals surface area contributed by atoms with Gasteiger partial charge in [0.05, 0.1) is 23.2 Å². The molecule has 5 N–H and O–H groups in total. The van der Waals surface area contributed by atoms with E-state index in [0.717, 1.165) is 37.1 Å². The number of fused-ring (bicyclic) bond motifs is 2. The molecule has 2 fully saturated rings. The zero-order valence-corrected chi connectivity index (χ0v) is 23.1. The number of methoxy groups -OCH3 is 1. The molecule has 3 atom stereocenters. The van der Waals surface area contributed by atoms with Crippen molar-refractivity contribution in [2.45, 2.75) is 50.4 Å². The number of amides is 3. The second-order valence-electron chi connectivity index (χ2n) is 10.5. The minimum absolute atomic E-state index is 0.0363. The summed E-state index contributed by atoms with van der Waals surface area (Å²) in [4.78, 5) is 44.7. The summed E-state index contributed by atoms with van der Waals surface area (Å²) >= 11 is 0. The fourth-order valence-corrected chi connectivity index (χ4v) is 5.79. The van der Waals surface area contributed by atoms with Gasteiger partial charge < -0.3 is 31.3 Å². The molecule has 3 aromatic rings. The van der Waals surface area contributed by atoms with Gasteiger partial charge in [0.25, 0.3) is 17.7 Å². The molecule has 3 unspecified atom stereocenters. The van der Waals surface area contributed by atoms with Gasteiger partial charge in [-0.1, -0.05) is 30.3 Å². The molecule has 10 nitrogen and oxygen atoms in total. The van der Waals surface area contributed by atoms with Crippen molar-refractivity contribution in [2.75, 3.05) is 30.5 Å². The number of hydrogen-bond donors (Lipinski definition) is 4. The number of nitrogens with one attached hydrogen (secondary N) is 3. The van der Waals surface area contributed by atoms with E-state index in [2.05, 4.69) is 25.8 Å². The highest BCUT2D eigenvalue weighted by Gasteiger charge is 2.47. The maximum atomic E-state index is 13.3. The average molecular weight is 557 g/mol. The third kappa shape index (κ3) is 6.49. The van der Waals surface area contributed by atoms with Crippen LogP contribution in [0.15, 0.2) is 66.9 Å². The van der Waals surface area contributed by atoms with Gasteiger partial charge >= 0.3 is 0 Å². The van der Waals surface area contributed by atoms with Crippen molar-refractivity contribution in [1.82, 2.24) is 15.6 Å². The Bertz CT molecular complexity index is 1380. The molecule has 0 saturated carbocycles. The fraction of sp³-hybridized carbons (Fsp3) is 0.355. The lowest BCUT2D eigenvalue weighted by Crippen LogP contribution is -2.44. The van der Waals surface area contributed by atoms with Gasteiger partial charge in [0.2, 0.25) is 0 Å². The van der Waals surface area contributed by atoms with E-state index in [1.807, 2.05) is 36.4 Å². The zero-order valence-electron chi connectivity index (χ0n) is 23.1. The summed E-state index contributed by atoms with van der Waals surface area (Å²) in [6.07, 6.45) is 5.16. The van der Waals surface area contributed by atoms with Gasteiger partial charge in [0, 0.05) is 50.3 Å². The third-order valence-corrected chi connectivity index (χ3v) is 7.81. The van der Waals surface area contributed by atoms with E-state index in [4.69, 9.17) is 10.5 Å². The first-order valence-corrected chi connectivity index (χ1v) is 14.0. The van der Waals surface area contributed by atoms with Crippen molar-refractivity contribution in [1.29, 1.82) is 0 Å². The van der Waals surface area contributed by atoms with Crippen molar-refractivity contribution >= 4 is 29.2 Å². The summed E-state index contributed by atoms with van der Waals surface area (Å²) in [6, 6.07) is 18.7. The highest BCUT2D eigenvalue weighted by atomic mass is 16.5. The van der Waals surface area contributed by atoms with Gasteiger partial charge in [-0.15, -0.1) is 0 Å². The predicted octanol–water partition coefficient (Wildman–Crippen LogP) is 3.10. The van der Waals surface area contributed by atoms with Crippen molar-refractivity contribution in [3.63, 3.8) is 0 Å². The van der Waals surface area contributed by atoms with Crippen LogP contribution in [0.25, 0.3) is 0 Å². The SMILES string of the molecule is COCCCNc1cc(C(=O)NC2CC3CCC2N3c2ccc(C(=O)NCc3ccccc3)cn2)ccc1C(N)=O. The van der Waals surface area contributed by atoms with Gasteiger partial charge in [0.1, 0.15) is 5.82 Å². The number of benzene rings is 2. The van der Waals surface area contributed by atoms with E-state index < -0.39 is 5.91 Å². The van der Waals surface area contributed by atoms with Crippen LogP contribution in [-0.2, 0) is 11.3 Å². The summed E-state index contributed by atoms with van der Waals surface area (Å²) in [5.74, 6) is -0.112. The number of anilines is 2. The summed E-state index contributed by atoms with van der Waals surface area (Å²) in [5, 5.41) is 9.33. The maximum Gasteiger partial charge on any atom is 0.253 e. The zero-order chi connectivity index (χ0) is 28.8. The van der Waals surface area contributed by atoms with Gasteiger partial charge in [-0.3, -0.25) is 14.4 Å². The van der Waals surface area contributed by atoms with Crippen LogP contribution in [0.4, 0.5) is 11.5 Å². The summed E-state index contributed by atoms with van der Waals surface area (Å²) in [6.45, 7) is 1.62. The van der Waals surface area contributed by atoms with Crippen molar-refractivity contribution in [3.05, 3.63) is 89.1 Å². The Morgan fingerprint density at radius 1 is 1.02 bits per heavy atom. The monoisotopic (exact) mass is 556 g/mol. The Morgan fingerprint density at radius 2 is 1.83 bits per heavy atom. The van der Waals surface area contributed by atoms with Crippen LogP contribution in [0.3, 0.4) is 0 Å². The molecule has 2 bridgehead atoms. The van der Waals surface area contributed by atoms with Crippen LogP contribution >= 0.6 is 0 Å². The van der Waals surface area contributed by atoms with E-state index >= 15 is 0 Å². The quantitative estimate of drug-likeness (QED) is 0.252. The lowest BCUT2D eigenvalue weighted by molar-refractivity contribution is 0.0927. The van der Waals surface area contributed by atoms with Gasteiger partial charge in [-0.25, -0.2) is 4.98 Å². The minimum Gasteiger partial charge on any atom is -0.385 e. The van der Waals surface area contributed by atoms with E-state index in [1.54, 1.807) is 37.6 Å². The van der Waals surface area contributed by atoms with Crippen molar-refractivity contribution in [3.8, 4) is 0 Å². The molecule has 3 heterocycles. The number of primary amides is 1. The number of nitrogens with zero attached hydrogens (tertiary/aromatic N) is 2. The maximum absolute atomic E-state index is 13.3. The Balaban J connectivity index is 1.21. The molecule has 214 valence electrons. The van der Waals surface area contributed by atoms with Crippen LogP contribution < -0.4 is 26.6 Å². The molecule has 41 heavy (non-hydrogen) atoms. The predicted molar refractivity (Wildman–Crippen MR) is 157 cm³/mol. The number of carbonyl (C=O) groups excluding carboxylic acids is 3. The Labute approximate surface area is 239 Å². The average Bonchev–Trinajstić information content (AvgIpc) is 3.56. The molecule has 2 aliphatic heterocycles. The highest BCUT2D eigenvalue weighted by Crippen LogP contribution is 2.40. The standard InChI is InChI=1S/C31H36N6O4/c1-41-15-5-14-33-25-16-21(8-11-24(25)29(32)38)31(40)36-26-17-23-10-12-27(26)37(23)28-13-9-22(19-34-28)30(39)35-18-20-6-3-2-4-7-20/h2-4,6-9,11,13,16,19,23,26-27,33H,5,10,12,14-15,17-18H2,1H3,(H2,32,38)(H,35,39)(H,36,40). The summed E-state index contributed by atoms with van der Waals surface area (Å²) < 4.78 is 5.08. The van der Waals surface area contributed by atoms with Crippen LogP contribution in [-0.4, -0.2) is 61.1 Å². The molecule has 2 saturated heterocycles. The molecule has 0 spiro atoms. The van der Waals surface area contributed by atoms with Crippen LogP contribution in [0.1, 0.15) is 62.3 Å². The summed E-state index contributed by atoms with van der Waals surface area (Å²) in [7, 11) is 1.63. The Hall–Kier alpha value is -4.44. The molecule has 0 radical (unpaired) electrons. The first kappa shape index (κ1) is 28.1. The fourth-order valence-electron chi connectivity index (χ4n) is 5.79. The van der Waals surface area contributed by atoms with E-state index in [0.29, 0.717) is 42.1 Å². The van der Waals surface area contributed by atoms with E-state index in [1.165, 1.54) is 0 Å². The number of nitrogens with two attached hydrogens (primary N) is 1. The first-order valence-electron chi connectivity index (χ1n) is 14.0. The number of ether oxygens (including phenoxy) is 1. The van der Waals surface area contributed by atoms with Crippen molar-refractivity contribution in [2.24, 2.45) is 5.73 Å². The summed E-state index contributed by atoms with van der Waals surface area (Å²) in [5.41, 5.74) is 8.42. The second kappa shape index (κ2) is 12.8. The number of hydrogen-bond acceptors (Lipinski definition) is 7. The molecule has 0 aliphatic carbocycles. The smallest absolute Gasteiger partial charge is 0.253 e. The molecular weight excluding hydrogens is 520 g/mol. The normalized spacial score (nSPS) is 19.1. The lowest BCUT2D eigenvalue weighted by atomic mass is 9.95. The van der Waals surface area contributed by atoms with Crippen LogP contribution in [0.2, 0.25) is 0 Å². The molecule has 2 aliphatic rings. The number of pyridine rings is 1. The van der Waals surface area contributed by atoms with Crippen LogP contribution in [0.5, 0.6) is 0 Å². The Kier molecular flexibility index (Phi) is 8.79. The van der Waals surface area contributed by atoms with Crippen molar-refractivity contribution < 1.29 is 19.1 Å². The van der Waals surface area contributed by atoms with Crippen LogP contribution in [0, 0.1) is 0 Å². The second-order valence-corrected chi connectivity index (χ2v) is 10.5. The minimum atomic E-state index is -0.554. The number of aromatic nitrogens is 1. The number of rotatable bonds is 12. The van der Waals surface area contributed by atoms with E-state index in [9.17, 15) is 14.4 Å². The van der Waals surface area contributed by atoms with E-state index in [-0.39, 0.29) is 29.9 Å². The molecule has 1 aromatic heterocycles. The number of carbonyl (C=O) groups is 3. The first-order chi connectivity index (χ1) is 19.9. The Morgan fingerprint density at radius 3 is 2.56 bits per heavy atom. The largest absolute Gasteiger partial charge is 0.385 e. The lowest BCUT2D eigenvalue weighted by Gasteiger charge is -2.26. The molecule has 10 heteroatoms. The van der Waals surface area contributed by atoms with Gasteiger partial charge in [-0.2, -0.15) is 0 Å². The van der Waals surface area contributed by atoms with Gasteiger partial charge in [0.15, 0.2) is 0 Å². The highest BCUT2D eigenvalue weighted by molar-refractivity contribution is 6.02. The third-order valence-electron chi connectivity index (χ3n) is 7.81. The molecular formula is C31H36N6O4. The van der Waals surface area contributed by atoms with Gasteiger partial charge in [-0.05, 0) is 61.6 Å². The molecule has 5 rings (SSSR count). The molecule has 2 aromatic carbocycles. The molecule has 3 amide bonds. The topological polar surface area (TPSA) is 139 Å².